The number of hydrogen-bond acceptors (Lipinski definition) is 6. The second-order valence-corrected chi connectivity index (χ2v) is 11.2. The molecule has 3 amide bonds. The quantitative estimate of drug-likeness (QED) is 0.211. The Bertz CT molecular complexity index is 1420. The van der Waals surface area contributed by atoms with E-state index in [-0.39, 0.29) is 11.4 Å². The normalized spacial score (nSPS) is 14.2. The maximum atomic E-state index is 13.0. The molecule has 0 unspecified atom stereocenters. The van der Waals surface area contributed by atoms with E-state index >= 15 is 0 Å². The van der Waals surface area contributed by atoms with Crippen LogP contribution in [0.1, 0.15) is 22.3 Å². The van der Waals surface area contributed by atoms with Gasteiger partial charge in [0, 0.05) is 10.7 Å². The lowest BCUT2D eigenvalue weighted by Gasteiger charge is -2.14. The zero-order valence-electron chi connectivity index (χ0n) is 20.8. The Balaban J connectivity index is 1.46. The van der Waals surface area contributed by atoms with E-state index in [2.05, 4.69) is 27.9 Å². The van der Waals surface area contributed by atoms with Gasteiger partial charge in [-0.1, -0.05) is 29.8 Å². The number of carbonyl (C=O) groups excluding carboxylic acids is 3. The molecule has 3 aromatic rings. The lowest BCUT2D eigenvalue weighted by atomic mass is 10.1. The zero-order chi connectivity index (χ0) is 27.4. The zero-order valence-corrected chi connectivity index (χ0v) is 24.6. The molecule has 38 heavy (non-hydrogen) atoms. The van der Waals surface area contributed by atoms with Crippen molar-refractivity contribution in [1.29, 1.82) is 0 Å². The predicted molar refractivity (Wildman–Crippen MR) is 159 cm³/mol. The second-order valence-electron chi connectivity index (χ2n) is 8.64. The maximum absolute atomic E-state index is 13.0. The van der Waals surface area contributed by atoms with Crippen LogP contribution < -0.4 is 14.8 Å². The SMILES string of the molecule is COc1cc(/C=C2/SC(=O)N(CC(=O)Nc3cc(C)cc(C)c3)C2=O)cc(I)c1OCc1ccc(Cl)cc1. The third-order valence-corrected chi connectivity index (χ3v) is 7.49. The van der Waals surface area contributed by atoms with Gasteiger partial charge in [0.1, 0.15) is 13.2 Å². The molecule has 0 aliphatic carbocycles. The highest BCUT2D eigenvalue weighted by molar-refractivity contribution is 14.1. The summed E-state index contributed by atoms with van der Waals surface area (Å²) in [6.07, 6.45) is 1.61. The molecule has 7 nitrogen and oxygen atoms in total. The molecule has 0 spiro atoms. The minimum atomic E-state index is -0.521. The maximum Gasteiger partial charge on any atom is 0.294 e. The van der Waals surface area contributed by atoms with E-state index < -0.39 is 17.1 Å². The van der Waals surface area contributed by atoms with Crippen LogP contribution >= 0.6 is 46.0 Å². The summed E-state index contributed by atoms with van der Waals surface area (Å²) in [4.78, 5) is 39.3. The third kappa shape index (κ3) is 6.89. The minimum Gasteiger partial charge on any atom is -0.493 e. The number of methoxy groups -OCH3 is 1. The van der Waals surface area contributed by atoms with Crippen LogP contribution in [0.3, 0.4) is 0 Å². The number of halogens is 2. The third-order valence-electron chi connectivity index (χ3n) is 5.53. The number of rotatable bonds is 8. The van der Waals surface area contributed by atoms with Crippen molar-refractivity contribution in [2.24, 2.45) is 0 Å². The van der Waals surface area contributed by atoms with Crippen molar-refractivity contribution in [3.63, 3.8) is 0 Å². The minimum absolute atomic E-state index is 0.224. The molecular weight excluding hydrogens is 639 g/mol. The molecule has 0 radical (unpaired) electrons. The predicted octanol–water partition coefficient (Wildman–Crippen LogP) is 6.82. The fourth-order valence-corrected chi connectivity index (χ4v) is 5.62. The van der Waals surface area contributed by atoms with Crippen LogP contribution in [0.2, 0.25) is 5.02 Å². The van der Waals surface area contributed by atoms with Gasteiger partial charge in [-0.25, -0.2) is 0 Å². The number of amides is 3. The summed E-state index contributed by atoms with van der Waals surface area (Å²) in [5.74, 6) is 0.0881. The number of imide groups is 1. The molecule has 1 N–H and O–H groups in total. The van der Waals surface area contributed by atoms with Gasteiger partial charge < -0.3 is 14.8 Å². The van der Waals surface area contributed by atoms with Gasteiger partial charge in [0.05, 0.1) is 15.6 Å². The van der Waals surface area contributed by atoms with Gasteiger partial charge in [0.2, 0.25) is 5.91 Å². The number of benzene rings is 3. The van der Waals surface area contributed by atoms with Crippen LogP contribution in [0.5, 0.6) is 11.5 Å². The summed E-state index contributed by atoms with van der Waals surface area (Å²) in [6.45, 7) is 3.82. The highest BCUT2D eigenvalue weighted by atomic mass is 127. The number of carbonyl (C=O) groups is 3. The number of nitrogens with one attached hydrogen (secondary N) is 1. The summed E-state index contributed by atoms with van der Waals surface area (Å²) in [5.41, 5.74) is 4.23. The fraction of sp³-hybridized carbons (Fsp3) is 0.179. The first kappa shape index (κ1) is 28.0. The van der Waals surface area contributed by atoms with Crippen molar-refractivity contribution in [2.75, 3.05) is 19.0 Å². The Hall–Kier alpha value is -3.02. The van der Waals surface area contributed by atoms with Crippen molar-refractivity contribution in [2.45, 2.75) is 20.5 Å². The highest BCUT2D eigenvalue weighted by Gasteiger charge is 2.36. The summed E-state index contributed by atoms with van der Waals surface area (Å²) in [5, 5.41) is 2.91. The Morgan fingerprint density at radius 2 is 1.76 bits per heavy atom. The smallest absolute Gasteiger partial charge is 0.294 e. The molecular formula is C28H24ClIN2O5S. The molecule has 0 saturated carbocycles. The number of aryl methyl sites for hydroxylation is 2. The number of thioether (sulfide) groups is 1. The number of nitrogens with zero attached hydrogens (tertiary/aromatic N) is 1. The van der Waals surface area contributed by atoms with Crippen LogP contribution in [0.4, 0.5) is 10.5 Å². The average molecular weight is 663 g/mol. The standard InChI is InChI=1S/C28H24ClIN2O5S/c1-16-8-17(2)10-21(9-16)31-25(33)14-32-27(34)24(38-28(32)35)13-19-11-22(30)26(23(12-19)36-3)37-15-18-4-6-20(29)7-5-18/h4-13H,14-15H2,1-3H3,(H,31,33)/b24-13+. The van der Waals surface area contributed by atoms with Crippen LogP contribution in [-0.2, 0) is 16.2 Å². The first-order valence-electron chi connectivity index (χ1n) is 11.5. The van der Waals surface area contributed by atoms with Crippen LogP contribution in [0.15, 0.2) is 59.5 Å². The van der Waals surface area contributed by atoms with Gasteiger partial charge in [0.25, 0.3) is 11.1 Å². The van der Waals surface area contributed by atoms with Gasteiger partial charge in [-0.3, -0.25) is 19.3 Å². The second kappa shape index (κ2) is 12.2. The fourth-order valence-electron chi connectivity index (χ4n) is 3.88. The van der Waals surface area contributed by atoms with Crippen LogP contribution in [-0.4, -0.2) is 35.6 Å². The molecule has 196 valence electrons. The molecule has 1 aliphatic heterocycles. The molecule has 1 aliphatic rings. The Kier molecular flexibility index (Phi) is 9.01. The van der Waals surface area contributed by atoms with E-state index in [1.165, 1.54) is 7.11 Å². The van der Waals surface area contributed by atoms with Crippen LogP contribution in [0.25, 0.3) is 6.08 Å². The number of hydrogen-bond donors (Lipinski definition) is 1. The molecule has 4 rings (SSSR count). The van der Waals surface area contributed by atoms with Gasteiger partial charge in [-0.05, 0) is 113 Å². The average Bonchev–Trinajstić information content (AvgIpc) is 3.10. The van der Waals surface area contributed by atoms with E-state index in [1.807, 2.05) is 50.2 Å². The van der Waals surface area contributed by atoms with Gasteiger partial charge in [-0.2, -0.15) is 0 Å². The molecule has 0 bridgehead atoms. The van der Waals surface area contributed by atoms with Crippen molar-refractivity contribution in [3.8, 4) is 11.5 Å². The monoisotopic (exact) mass is 662 g/mol. The molecule has 3 aromatic carbocycles. The molecule has 0 aromatic heterocycles. The van der Waals surface area contributed by atoms with Gasteiger partial charge in [0.15, 0.2) is 11.5 Å². The Labute approximate surface area is 243 Å². The van der Waals surface area contributed by atoms with Crippen LogP contribution in [0, 0.1) is 17.4 Å². The highest BCUT2D eigenvalue weighted by Crippen LogP contribution is 2.37. The lowest BCUT2D eigenvalue weighted by molar-refractivity contribution is -0.127. The summed E-state index contributed by atoms with van der Waals surface area (Å²) < 4.78 is 12.3. The van der Waals surface area contributed by atoms with Crippen molar-refractivity contribution < 1.29 is 23.9 Å². The Morgan fingerprint density at radius 3 is 2.42 bits per heavy atom. The molecule has 10 heteroatoms. The van der Waals surface area contributed by atoms with Gasteiger partial charge in [-0.15, -0.1) is 0 Å². The van der Waals surface area contributed by atoms with Crippen molar-refractivity contribution >= 4 is 74.8 Å². The first-order chi connectivity index (χ1) is 18.1. The number of ether oxygens (including phenoxy) is 2. The Morgan fingerprint density at radius 1 is 1.08 bits per heavy atom. The molecule has 1 heterocycles. The lowest BCUT2D eigenvalue weighted by Crippen LogP contribution is -2.36. The molecule has 0 atom stereocenters. The summed E-state index contributed by atoms with van der Waals surface area (Å²) in [7, 11) is 1.53. The first-order valence-corrected chi connectivity index (χ1v) is 13.8. The van der Waals surface area contributed by atoms with Gasteiger partial charge >= 0.3 is 0 Å². The molecule has 1 fully saturated rings. The summed E-state index contributed by atoms with van der Waals surface area (Å²) in [6, 6.07) is 16.6. The van der Waals surface area contributed by atoms with E-state index in [0.717, 1.165) is 36.9 Å². The van der Waals surface area contributed by atoms with E-state index in [1.54, 1.807) is 24.3 Å². The topological polar surface area (TPSA) is 84.9 Å². The van der Waals surface area contributed by atoms with Crippen molar-refractivity contribution in [1.82, 2.24) is 4.90 Å². The van der Waals surface area contributed by atoms with E-state index in [9.17, 15) is 14.4 Å². The van der Waals surface area contributed by atoms with E-state index in [0.29, 0.717) is 34.4 Å². The summed E-state index contributed by atoms with van der Waals surface area (Å²) >= 11 is 8.88. The number of anilines is 1. The van der Waals surface area contributed by atoms with E-state index in [4.69, 9.17) is 21.1 Å². The largest absolute Gasteiger partial charge is 0.493 e. The van der Waals surface area contributed by atoms with Crippen molar-refractivity contribution in [3.05, 3.63) is 90.3 Å². The molecule has 1 saturated heterocycles.